The summed E-state index contributed by atoms with van der Waals surface area (Å²) in [5.41, 5.74) is 0. The molecule has 0 saturated carbocycles. The summed E-state index contributed by atoms with van der Waals surface area (Å²) in [5, 5.41) is 14.8. The van der Waals surface area contributed by atoms with Gasteiger partial charge in [0.2, 0.25) is 11.8 Å². The molecule has 17 heavy (non-hydrogen) atoms. The van der Waals surface area contributed by atoms with Gasteiger partial charge in [0, 0.05) is 19.8 Å². The van der Waals surface area contributed by atoms with Gasteiger partial charge in [-0.2, -0.15) is 4.98 Å². The van der Waals surface area contributed by atoms with Crippen LogP contribution >= 0.6 is 0 Å². The summed E-state index contributed by atoms with van der Waals surface area (Å²) in [6.45, 7) is 3.56. The summed E-state index contributed by atoms with van der Waals surface area (Å²) in [6.07, 6.45) is 0.151. The van der Waals surface area contributed by atoms with Crippen LogP contribution in [-0.4, -0.2) is 27.1 Å². The van der Waals surface area contributed by atoms with Crippen molar-refractivity contribution in [1.29, 1.82) is 0 Å². The molecule has 0 saturated heterocycles. The van der Waals surface area contributed by atoms with E-state index in [2.05, 4.69) is 15.5 Å². The van der Waals surface area contributed by atoms with Gasteiger partial charge in [0.15, 0.2) is 5.82 Å². The highest BCUT2D eigenvalue weighted by Gasteiger charge is 2.13. The lowest BCUT2D eigenvalue weighted by Gasteiger charge is -2.07. The molecule has 7 heteroatoms. The number of hydrogen-bond donors (Lipinski definition) is 2. The minimum Gasteiger partial charge on any atom is -0.481 e. The van der Waals surface area contributed by atoms with Crippen LogP contribution in [0.1, 0.15) is 31.5 Å². The number of carbonyl (C=O) groups is 2. The highest BCUT2D eigenvalue weighted by atomic mass is 16.5. The summed E-state index contributed by atoms with van der Waals surface area (Å²) >= 11 is 0. The Labute approximate surface area is 98.2 Å². The predicted molar refractivity (Wildman–Crippen MR) is 56.9 cm³/mol. The van der Waals surface area contributed by atoms with Crippen molar-refractivity contribution in [2.24, 2.45) is 5.92 Å². The quantitative estimate of drug-likeness (QED) is 0.751. The van der Waals surface area contributed by atoms with Crippen molar-refractivity contribution < 1.29 is 19.2 Å². The maximum absolute atomic E-state index is 11.4. The molecule has 1 rings (SSSR count). The van der Waals surface area contributed by atoms with Crippen LogP contribution in [0, 0.1) is 12.8 Å². The molecule has 94 valence electrons. The first-order valence-electron chi connectivity index (χ1n) is 5.25. The Morgan fingerprint density at radius 3 is 2.71 bits per heavy atom. The first-order chi connectivity index (χ1) is 7.97. The Kier molecular flexibility index (Phi) is 4.62. The molecule has 0 spiro atoms. The van der Waals surface area contributed by atoms with Crippen LogP contribution in [0.4, 0.5) is 0 Å². The Morgan fingerprint density at radius 1 is 1.47 bits per heavy atom. The Balaban J connectivity index is 2.28. The van der Waals surface area contributed by atoms with Gasteiger partial charge in [-0.1, -0.05) is 12.1 Å². The summed E-state index contributed by atoms with van der Waals surface area (Å²) in [6, 6.07) is 0. The van der Waals surface area contributed by atoms with Crippen LogP contribution in [-0.2, 0) is 16.1 Å². The molecule has 0 radical (unpaired) electrons. The van der Waals surface area contributed by atoms with Crippen LogP contribution in [0.15, 0.2) is 4.52 Å². The Bertz CT molecular complexity index is 402. The number of carboxylic acid groups (broad SMARTS) is 1. The smallest absolute Gasteiger partial charge is 0.303 e. The first-order valence-corrected chi connectivity index (χ1v) is 5.25. The minimum atomic E-state index is -0.904. The predicted octanol–water partition coefficient (Wildman–Crippen LogP) is 0.495. The Morgan fingerprint density at radius 2 is 2.18 bits per heavy atom. The van der Waals surface area contributed by atoms with Gasteiger partial charge in [0.25, 0.3) is 0 Å². The third-order valence-electron chi connectivity index (χ3n) is 2.07. The van der Waals surface area contributed by atoms with Crippen molar-refractivity contribution in [1.82, 2.24) is 15.5 Å². The van der Waals surface area contributed by atoms with Crippen LogP contribution < -0.4 is 5.32 Å². The number of carbonyl (C=O) groups excluding carboxylic acids is 1. The Hall–Kier alpha value is -1.92. The molecular weight excluding hydrogens is 226 g/mol. The summed E-state index contributed by atoms with van der Waals surface area (Å²) < 4.78 is 4.74. The monoisotopic (exact) mass is 241 g/mol. The number of aromatic nitrogens is 2. The molecule has 7 nitrogen and oxygen atoms in total. The van der Waals surface area contributed by atoms with Crippen molar-refractivity contribution >= 4 is 11.9 Å². The average Bonchev–Trinajstić information content (AvgIpc) is 2.59. The summed E-state index contributed by atoms with van der Waals surface area (Å²) in [4.78, 5) is 25.8. The number of hydrogen-bond acceptors (Lipinski definition) is 5. The number of carboxylic acids is 1. The fourth-order valence-corrected chi connectivity index (χ4v) is 1.35. The minimum absolute atomic E-state index is 0.0191. The fourth-order valence-electron chi connectivity index (χ4n) is 1.35. The van der Waals surface area contributed by atoms with Gasteiger partial charge in [-0.15, -0.1) is 0 Å². The highest BCUT2D eigenvalue weighted by Crippen LogP contribution is 2.07. The zero-order chi connectivity index (χ0) is 12.8. The molecule has 1 atom stereocenters. The molecule has 0 aliphatic heterocycles. The molecule has 0 fully saturated rings. The van der Waals surface area contributed by atoms with Crippen LogP contribution in [0.25, 0.3) is 0 Å². The van der Waals surface area contributed by atoms with Crippen LogP contribution in [0.2, 0.25) is 0 Å². The standard InChI is InChI=1S/C10H15N3O4/c1-6(4-10(15)16)3-9(14)11-5-8-12-7(2)17-13-8/h6H,3-5H2,1-2H3,(H,11,14)(H,15,16). The molecule has 1 amide bonds. The lowest BCUT2D eigenvalue weighted by Crippen LogP contribution is -2.25. The molecule has 0 aromatic carbocycles. The molecule has 0 bridgehead atoms. The number of nitrogens with zero attached hydrogens (tertiary/aromatic N) is 2. The van der Waals surface area contributed by atoms with Crippen molar-refractivity contribution in [2.75, 3.05) is 0 Å². The van der Waals surface area contributed by atoms with Crippen LogP contribution in [0.5, 0.6) is 0 Å². The third kappa shape index (κ3) is 5.10. The van der Waals surface area contributed by atoms with Crippen molar-refractivity contribution in [3.8, 4) is 0 Å². The van der Waals surface area contributed by atoms with Gasteiger partial charge in [-0.3, -0.25) is 9.59 Å². The molecule has 1 heterocycles. The number of nitrogens with one attached hydrogen (secondary N) is 1. The second kappa shape index (κ2) is 5.97. The van der Waals surface area contributed by atoms with Crippen molar-refractivity contribution in [2.45, 2.75) is 33.2 Å². The normalized spacial score (nSPS) is 12.1. The lowest BCUT2D eigenvalue weighted by atomic mass is 10.0. The van der Waals surface area contributed by atoms with E-state index in [1.54, 1.807) is 13.8 Å². The first kappa shape index (κ1) is 13.1. The van der Waals surface area contributed by atoms with E-state index in [0.29, 0.717) is 11.7 Å². The van der Waals surface area contributed by atoms with E-state index in [-0.39, 0.29) is 31.2 Å². The zero-order valence-corrected chi connectivity index (χ0v) is 9.77. The average molecular weight is 241 g/mol. The van der Waals surface area contributed by atoms with Gasteiger partial charge >= 0.3 is 5.97 Å². The van der Waals surface area contributed by atoms with Gasteiger partial charge in [0.1, 0.15) is 0 Å². The van der Waals surface area contributed by atoms with Gasteiger partial charge in [-0.25, -0.2) is 0 Å². The number of amides is 1. The molecule has 1 aromatic rings. The van der Waals surface area contributed by atoms with E-state index in [0.717, 1.165) is 0 Å². The molecule has 2 N–H and O–H groups in total. The summed E-state index contributed by atoms with van der Waals surface area (Å²) in [7, 11) is 0. The summed E-state index contributed by atoms with van der Waals surface area (Å²) in [5.74, 6) is -0.477. The second-order valence-electron chi connectivity index (χ2n) is 3.91. The number of rotatable bonds is 6. The highest BCUT2D eigenvalue weighted by molar-refractivity contribution is 5.77. The number of aryl methyl sites for hydroxylation is 1. The molecular formula is C10H15N3O4. The van der Waals surface area contributed by atoms with E-state index in [4.69, 9.17) is 9.63 Å². The van der Waals surface area contributed by atoms with Gasteiger partial charge < -0.3 is 14.9 Å². The van der Waals surface area contributed by atoms with Crippen molar-refractivity contribution in [3.05, 3.63) is 11.7 Å². The largest absolute Gasteiger partial charge is 0.481 e. The van der Waals surface area contributed by atoms with E-state index in [1.165, 1.54) is 0 Å². The van der Waals surface area contributed by atoms with Gasteiger partial charge in [0.05, 0.1) is 6.54 Å². The molecule has 0 aliphatic carbocycles. The maximum atomic E-state index is 11.4. The van der Waals surface area contributed by atoms with Crippen LogP contribution in [0.3, 0.4) is 0 Å². The number of aliphatic carboxylic acids is 1. The van der Waals surface area contributed by atoms with E-state index < -0.39 is 5.97 Å². The lowest BCUT2D eigenvalue weighted by molar-refractivity contribution is -0.138. The van der Waals surface area contributed by atoms with E-state index in [1.807, 2.05) is 0 Å². The maximum Gasteiger partial charge on any atom is 0.303 e. The molecule has 0 aliphatic rings. The topological polar surface area (TPSA) is 105 Å². The molecule has 1 aromatic heterocycles. The van der Waals surface area contributed by atoms with Crippen molar-refractivity contribution in [3.63, 3.8) is 0 Å². The van der Waals surface area contributed by atoms with E-state index in [9.17, 15) is 9.59 Å². The van der Waals surface area contributed by atoms with Gasteiger partial charge in [-0.05, 0) is 5.92 Å². The SMILES string of the molecule is Cc1nc(CNC(=O)CC(C)CC(=O)O)no1. The third-order valence-corrected chi connectivity index (χ3v) is 2.07. The van der Waals surface area contributed by atoms with E-state index >= 15 is 0 Å². The molecule has 1 unspecified atom stereocenters. The fraction of sp³-hybridized carbons (Fsp3) is 0.600. The zero-order valence-electron chi connectivity index (χ0n) is 9.77. The second-order valence-corrected chi connectivity index (χ2v) is 3.91.